The summed E-state index contributed by atoms with van der Waals surface area (Å²) in [6.45, 7) is 2.18. The van der Waals surface area contributed by atoms with Crippen molar-refractivity contribution < 1.29 is 0 Å². The number of rotatable bonds is 2. The average Bonchev–Trinajstić information content (AvgIpc) is 2.76. The molecule has 3 aromatic rings. The Labute approximate surface area is 99.9 Å². The highest BCUT2D eigenvalue weighted by atomic mass is 14.9. The number of benzene rings is 1. The first-order chi connectivity index (χ1) is 8.33. The second kappa shape index (κ2) is 3.77. The Bertz CT molecular complexity index is 682. The Morgan fingerprint density at radius 1 is 1.29 bits per heavy atom. The first-order valence-corrected chi connectivity index (χ1v) is 5.89. The minimum Gasteiger partial charge on any atom is -0.386 e. The molecule has 0 atom stereocenters. The minimum absolute atomic E-state index is 1.04. The van der Waals surface area contributed by atoms with E-state index < -0.39 is 0 Å². The number of pyridine rings is 1. The van der Waals surface area contributed by atoms with Crippen LogP contribution in [-0.2, 0) is 6.42 Å². The van der Waals surface area contributed by atoms with E-state index >= 15 is 0 Å². The SMILES string of the molecule is CCc1cc(NC)c2[nH]c3cnccc3c2c1. The van der Waals surface area contributed by atoms with E-state index in [9.17, 15) is 0 Å². The van der Waals surface area contributed by atoms with Crippen molar-refractivity contribution in [2.45, 2.75) is 13.3 Å². The molecule has 17 heavy (non-hydrogen) atoms. The quantitative estimate of drug-likeness (QED) is 0.702. The maximum Gasteiger partial charge on any atom is 0.0701 e. The van der Waals surface area contributed by atoms with E-state index in [1.165, 1.54) is 16.3 Å². The first kappa shape index (κ1) is 10.1. The van der Waals surface area contributed by atoms with E-state index in [0.29, 0.717) is 0 Å². The first-order valence-electron chi connectivity index (χ1n) is 5.89. The fraction of sp³-hybridized carbons (Fsp3) is 0.214. The van der Waals surface area contributed by atoms with E-state index in [2.05, 4.69) is 40.4 Å². The smallest absolute Gasteiger partial charge is 0.0701 e. The predicted molar refractivity (Wildman–Crippen MR) is 72.5 cm³/mol. The van der Waals surface area contributed by atoms with Gasteiger partial charge in [-0.3, -0.25) is 4.98 Å². The van der Waals surface area contributed by atoms with Crippen LogP contribution in [0.3, 0.4) is 0 Å². The summed E-state index contributed by atoms with van der Waals surface area (Å²) in [4.78, 5) is 7.58. The molecular weight excluding hydrogens is 210 g/mol. The van der Waals surface area contributed by atoms with Crippen molar-refractivity contribution in [1.82, 2.24) is 9.97 Å². The summed E-state index contributed by atoms with van der Waals surface area (Å²) in [7, 11) is 1.96. The number of hydrogen-bond donors (Lipinski definition) is 2. The fourth-order valence-corrected chi connectivity index (χ4v) is 2.31. The van der Waals surface area contributed by atoms with Gasteiger partial charge in [0.2, 0.25) is 0 Å². The summed E-state index contributed by atoms with van der Waals surface area (Å²) in [6, 6.07) is 6.52. The molecular formula is C14H15N3. The molecule has 3 heteroatoms. The average molecular weight is 225 g/mol. The summed E-state index contributed by atoms with van der Waals surface area (Å²) < 4.78 is 0. The van der Waals surface area contributed by atoms with Crippen molar-refractivity contribution in [2.75, 3.05) is 12.4 Å². The molecule has 0 fully saturated rings. The minimum atomic E-state index is 1.04. The molecule has 0 aliphatic rings. The molecule has 2 heterocycles. The lowest BCUT2D eigenvalue weighted by Gasteiger charge is -2.05. The van der Waals surface area contributed by atoms with E-state index in [1.807, 2.05) is 19.4 Å². The number of nitrogens with one attached hydrogen (secondary N) is 2. The molecule has 0 spiro atoms. The number of aromatic nitrogens is 2. The van der Waals surface area contributed by atoms with Crippen LogP contribution < -0.4 is 5.32 Å². The molecule has 1 aromatic carbocycles. The predicted octanol–water partition coefficient (Wildman–Crippen LogP) is 3.32. The third kappa shape index (κ3) is 1.46. The zero-order valence-corrected chi connectivity index (χ0v) is 10.0. The van der Waals surface area contributed by atoms with Crippen LogP contribution in [0.4, 0.5) is 5.69 Å². The van der Waals surface area contributed by atoms with Gasteiger partial charge in [0.25, 0.3) is 0 Å². The zero-order valence-electron chi connectivity index (χ0n) is 10.0. The lowest BCUT2D eigenvalue weighted by atomic mass is 10.1. The van der Waals surface area contributed by atoms with Crippen molar-refractivity contribution in [3.63, 3.8) is 0 Å². The second-order valence-corrected chi connectivity index (χ2v) is 4.22. The van der Waals surface area contributed by atoms with Crippen molar-refractivity contribution in [3.8, 4) is 0 Å². The Balaban J connectivity index is 2.47. The zero-order chi connectivity index (χ0) is 11.8. The number of aryl methyl sites for hydroxylation is 1. The van der Waals surface area contributed by atoms with Crippen LogP contribution in [0, 0.1) is 0 Å². The van der Waals surface area contributed by atoms with Crippen LogP contribution in [-0.4, -0.2) is 17.0 Å². The lowest BCUT2D eigenvalue weighted by molar-refractivity contribution is 1.15. The number of hydrogen-bond acceptors (Lipinski definition) is 2. The number of H-pyrrole nitrogens is 1. The molecule has 0 aliphatic carbocycles. The van der Waals surface area contributed by atoms with Gasteiger partial charge in [-0.2, -0.15) is 0 Å². The summed E-state index contributed by atoms with van der Waals surface area (Å²) in [5.74, 6) is 0. The molecule has 0 aliphatic heterocycles. The molecule has 86 valence electrons. The molecule has 0 unspecified atom stereocenters. The van der Waals surface area contributed by atoms with Crippen LogP contribution in [0.1, 0.15) is 12.5 Å². The molecule has 3 rings (SSSR count). The molecule has 3 nitrogen and oxygen atoms in total. The fourth-order valence-electron chi connectivity index (χ4n) is 2.31. The highest BCUT2D eigenvalue weighted by Gasteiger charge is 2.08. The summed E-state index contributed by atoms with van der Waals surface area (Å²) in [6.07, 6.45) is 4.76. The molecule has 0 saturated carbocycles. The second-order valence-electron chi connectivity index (χ2n) is 4.22. The summed E-state index contributed by atoms with van der Waals surface area (Å²) in [5.41, 5.74) is 4.75. The van der Waals surface area contributed by atoms with Crippen LogP contribution in [0.2, 0.25) is 0 Å². The van der Waals surface area contributed by atoms with Gasteiger partial charge in [0.05, 0.1) is 22.9 Å². The Morgan fingerprint density at radius 3 is 2.94 bits per heavy atom. The van der Waals surface area contributed by atoms with Gasteiger partial charge in [-0.1, -0.05) is 6.92 Å². The van der Waals surface area contributed by atoms with Crippen LogP contribution in [0.25, 0.3) is 21.8 Å². The van der Waals surface area contributed by atoms with Crippen molar-refractivity contribution >= 4 is 27.5 Å². The van der Waals surface area contributed by atoms with Gasteiger partial charge in [-0.05, 0) is 30.2 Å². The Kier molecular flexibility index (Phi) is 2.25. The van der Waals surface area contributed by atoms with Gasteiger partial charge in [0.15, 0.2) is 0 Å². The monoisotopic (exact) mass is 225 g/mol. The van der Waals surface area contributed by atoms with Gasteiger partial charge < -0.3 is 10.3 Å². The van der Waals surface area contributed by atoms with Crippen LogP contribution in [0.15, 0.2) is 30.6 Å². The Morgan fingerprint density at radius 2 is 2.18 bits per heavy atom. The Hall–Kier alpha value is -2.03. The normalized spacial score (nSPS) is 11.2. The van der Waals surface area contributed by atoms with Crippen LogP contribution in [0.5, 0.6) is 0 Å². The number of aromatic amines is 1. The maximum absolute atomic E-state index is 4.15. The van der Waals surface area contributed by atoms with Crippen molar-refractivity contribution in [2.24, 2.45) is 0 Å². The highest BCUT2D eigenvalue weighted by molar-refractivity contribution is 6.11. The largest absolute Gasteiger partial charge is 0.386 e. The molecule has 0 radical (unpaired) electrons. The van der Waals surface area contributed by atoms with Crippen molar-refractivity contribution in [1.29, 1.82) is 0 Å². The standard InChI is InChI=1S/C14H15N3/c1-3-9-6-11-10-4-5-16-8-13(10)17-14(11)12(7-9)15-2/h4-8,15,17H,3H2,1-2H3. The van der Waals surface area contributed by atoms with Gasteiger partial charge in [-0.15, -0.1) is 0 Å². The molecule has 0 saturated heterocycles. The molecule has 0 amide bonds. The van der Waals surface area contributed by atoms with E-state index in [0.717, 1.165) is 23.1 Å². The van der Waals surface area contributed by atoms with Gasteiger partial charge in [0.1, 0.15) is 0 Å². The van der Waals surface area contributed by atoms with Crippen LogP contribution >= 0.6 is 0 Å². The van der Waals surface area contributed by atoms with Gasteiger partial charge in [-0.25, -0.2) is 0 Å². The molecule has 2 aromatic heterocycles. The van der Waals surface area contributed by atoms with Gasteiger partial charge >= 0.3 is 0 Å². The maximum atomic E-state index is 4.15. The van der Waals surface area contributed by atoms with E-state index in [4.69, 9.17) is 0 Å². The summed E-state index contributed by atoms with van der Waals surface area (Å²) >= 11 is 0. The number of fused-ring (bicyclic) bond motifs is 3. The number of nitrogens with zero attached hydrogens (tertiary/aromatic N) is 1. The molecule has 2 N–H and O–H groups in total. The van der Waals surface area contributed by atoms with E-state index in [-0.39, 0.29) is 0 Å². The number of anilines is 1. The van der Waals surface area contributed by atoms with Gasteiger partial charge in [0, 0.05) is 24.0 Å². The molecule has 0 bridgehead atoms. The lowest BCUT2D eigenvalue weighted by Crippen LogP contribution is -1.91. The highest BCUT2D eigenvalue weighted by Crippen LogP contribution is 2.31. The topological polar surface area (TPSA) is 40.7 Å². The third-order valence-electron chi connectivity index (χ3n) is 3.25. The van der Waals surface area contributed by atoms with Crippen molar-refractivity contribution in [3.05, 3.63) is 36.2 Å². The third-order valence-corrected chi connectivity index (χ3v) is 3.25. The van der Waals surface area contributed by atoms with E-state index in [1.54, 1.807) is 0 Å². The summed E-state index contributed by atoms with van der Waals surface area (Å²) in [5, 5.41) is 5.76.